The number of nitrogens with zero attached hydrogens (tertiary/aromatic N) is 2. The van der Waals surface area contributed by atoms with Gasteiger partial charge in [0, 0.05) is 18.2 Å². The Morgan fingerprint density at radius 2 is 1.89 bits per heavy atom. The van der Waals surface area contributed by atoms with Gasteiger partial charge in [0.1, 0.15) is 5.15 Å². The molecule has 7 nitrogen and oxygen atoms in total. The summed E-state index contributed by atoms with van der Waals surface area (Å²) in [6.07, 6.45) is 0. The highest BCUT2D eigenvalue weighted by molar-refractivity contribution is 6.32. The van der Waals surface area contributed by atoms with Crippen molar-refractivity contribution in [3.05, 3.63) is 65.4 Å². The van der Waals surface area contributed by atoms with Gasteiger partial charge in [-0.25, -0.2) is 9.36 Å². The summed E-state index contributed by atoms with van der Waals surface area (Å²) >= 11 is 11.4. The maximum Gasteiger partial charge on any atom is 0.334 e. The second-order valence-corrected chi connectivity index (χ2v) is 4.30. The number of aromatic nitrogens is 2. The van der Waals surface area contributed by atoms with Gasteiger partial charge in [-0.2, -0.15) is 0 Å². The summed E-state index contributed by atoms with van der Waals surface area (Å²) in [6.45, 7) is 0. The van der Waals surface area contributed by atoms with E-state index in [0.717, 1.165) is 12.1 Å². The van der Waals surface area contributed by atoms with Gasteiger partial charge in [0.15, 0.2) is 0 Å². The molecule has 2 aromatic rings. The molecular formula is C10H5Cl2N3O4. The molecule has 98 valence electrons. The molecule has 0 fully saturated rings. The molecule has 0 amide bonds. The maximum atomic E-state index is 11.7. The number of hydrogen-bond acceptors (Lipinski definition) is 4. The Balaban J connectivity index is 2.79. The van der Waals surface area contributed by atoms with Gasteiger partial charge in [-0.05, 0) is 6.07 Å². The number of rotatable bonds is 2. The van der Waals surface area contributed by atoms with Gasteiger partial charge in [-0.1, -0.05) is 23.2 Å². The second-order valence-electron chi connectivity index (χ2n) is 3.49. The third-order valence-electron chi connectivity index (χ3n) is 2.28. The van der Waals surface area contributed by atoms with E-state index in [4.69, 9.17) is 23.2 Å². The first-order chi connectivity index (χ1) is 8.90. The molecule has 0 aliphatic carbocycles. The molecule has 19 heavy (non-hydrogen) atoms. The number of benzene rings is 1. The van der Waals surface area contributed by atoms with E-state index in [1.807, 2.05) is 0 Å². The molecular weight excluding hydrogens is 297 g/mol. The molecule has 1 aromatic carbocycles. The van der Waals surface area contributed by atoms with Crippen molar-refractivity contribution in [2.24, 2.45) is 0 Å². The van der Waals surface area contributed by atoms with Gasteiger partial charge in [-0.15, -0.1) is 0 Å². The lowest BCUT2D eigenvalue weighted by molar-refractivity contribution is -0.384. The van der Waals surface area contributed by atoms with Crippen LogP contribution in [0.1, 0.15) is 0 Å². The van der Waals surface area contributed by atoms with E-state index in [1.165, 1.54) is 12.1 Å². The quantitative estimate of drug-likeness (QED) is 0.519. The number of hydrogen-bond donors (Lipinski definition) is 1. The summed E-state index contributed by atoms with van der Waals surface area (Å²) in [5.74, 6) is 0. The largest absolute Gasteiger partial charge is 0.334 e. The molecule has 0 spiro atoms. The number of aromatic amines is 1. The lowest BCUT2D eigenvalue weighted by Crippen LogP contribution is -2.33. The standard InChI is InChI=1S/C10H5Cl2N3O4/c11-6-2-1-5(15(18)19)3-7(6)14-9(16)4-8(12)13-10(14)17/h1-4H,(H,13,17). The van der Waals surface area contributed by atoms with E-state index in [0.29, 0.717) is 4.57 Å². The smallest absolute Gasteiger partial charge is 0.297 e. The second kappa shape index (κ2) is 4.87. The van der Waals surface area contributed by atoms with Crippen molar-refractivity contribution in [3.8, 4) is 5.69 Å². The fraction of sp³-hybridized carbons (Fsp3) is 0. The lowest BCUT2D eigenvalue weighted by Gasteiger charge is -2.06. The van der Waals surface area contributed by atoms with Crippen LogP contribution in [0.3, 0.4) is 0 Å². The lowest BCUT2D eigenvalue weighted by atomic mass is 10.2. The number of nitrogens with one attached hydrogen (secondary N) is 1. The van der Waals surface area contributed by atoms with E-state index >= 15 is 0 Å². The first-order valence-electron chi connectivity index (χ1n) is 4.86. The minimum absolute atomic E-state index is 0.0283. The van der Waals surface area contributed by atoms with Crippen LogP contribution in [0, 0.1) is 10.1 Å². The zero-order valence-electron chi connectivity index (χ0n) is 9.09. The number of H-pyrrole nitrogens is 1. The highest BCUT2D eigenvalue weighted by Crippen LogP contribution is 2.23. The molecule has 1 heterocycles. The Hall–Kier alpha value is -2.12. The summed E-state index contributed by atoms with van der Waals surface area (Å²) in [6, 6.07) is 4.40. The van der Waals surface area contributed by atoms with Crippen molar-refractivity contribution in [2.45, 2.75) is 0 Å². The van der Waals surface area contributed by atoms with Crippen molar-refractivity contribution in [3.63, 3.8) is 0 Å². The molecule has 0 atom stereocenters. The maximum absolute atomic E-state index is 11.7. The predicted octanol–water partition coefficient (Wildman–Crippen LogP) is 1.74. The Labute approximate surface area is 115 Å². The number of non-ortho nitro benzene ring substituents is 1. The monoisotopic (exact) mass is 301 g/mol. The third-order valence-corrected chi connectivity index (χ3v) is 2.80. The predicted molar refractivity (Wildman–Crippen MR) is 69.3 cm³/mol. The molecule has 0 aliphatic heterocycles. The van der Waals surface area contributed by atoms with Crippen LogP contribution >= 0.6 is 23.2 Å². The van der Waals surface area contributed by atoms with Crippen LogP contribution in [0.2, 0.25) is 10.2 Å². The van der Waals surface area contributed by atoms with E-state index in [9.17, 15) is 19.7 Å². The van der Waals surface area contributed by atoms with Gasteiger partial charge < -0.3 is 0 Å². The van der Waals surface area contributed by atoms with E-state index in [1.54, 1.807) is 0 Å². The van der Waals surface area contributed by atoms with Gasteiger partial charge in [0.05, 0.1) is 15.6 Å². The number of halogens is 2. The van der Waals surface area contributed by atoms with Gasteiger partial charge in [0.2, 0.25) is 0 Å². The Morgan fingerprint density at radius 1 is 1.21 bits per heavy atom. The van der Waals surface area contributed by atoms with Crippen LogP contribution in [-0.4, -0.2) is 14.5 Å². The average Bonchev–Trinajstić information content (AvgIpc) is 2.29. The van der Waals surface area contributed by atoms with E-state index in [2.05, 4.69) is 4.98 Å². The van der Waals surface area contributed by atoms with Crippen LogP contribution in [0.15, 0.2) is 33.9 Å². The molecule has 0 radical (unpaired) electrons. The first-order valence-corrected chi connectivity index (χ1v) is 5.62. The Kier molecular flexibility index (Phi) is 3.41. The zero-order valence-corrected chi connectivity index (χ0v) is 10.6. The fourth-order valence-corrected chi connectivity index (χ4v) is 1.86. The molecule has 0 bridgehead atoms. The minimum Gasteiger partial charge on any atom is -0.297 e. The molecule has 1 N–H and O–H groups in total. The van der Waals surface area contributed by atoms with E-state index in [-0.39, 0.29) is 21.6 Å². The molecule has 2 rings (SSSR count). The Morgan fingerprint density at radius 3 is 2.47 bits per heavy atom. The molecule has 1 aromatic heterocycles. The van der Waals surface area contributed by atoms with Crippen molar-refractivity contribution in [2.75, 3.05) is 0 Å². The highest BCUT2D eigenvalue weighted by atomic mass is 35.5. The summed E-state index contributed by atoms with van der Waals surface area (Å²) in [5.41, 5.74) is -1.95. The van der Waals surface area contributed by atoms with Crippen LogP contribution in [0.4, 0.5) is 5.69 Å². The zero-order chi connectivity index (χ0) is 14.2. The average molecular weight is 302 g/mol. The molecule has 0 saturated heterocycles. The summed E-state index contributed by atoms with van der Waals surface area (Å²) in [4.78, 5) is 35.6. The molecule has 0 unspecified atom stereocenters. The fourth-order valence-electron chi connectivity index (χ4n) is 1.48. The summed E-state index contributed by atoms with van der Waals surface area (Å²) in [7, 11) is 0. The van der Waals surface area contributed by atoms with Crippen LogP contribution < -0.4 is 11.2 Å². The van der Waals surface area contributed by atoms with Gasteiger partial charge in [0.25, 0.3) is 11.2 Å². The summed E-state index contributed by atoms with van der Waals surface area (Å²) in [5, 5.41) is 10.6. The molecule has 9 heteroatoms. The van der Waals surface area contributed by atoms with Crippen molar-refractivity contribution < 1.29 is 4.92 Å². The first kappa shape index (κ1) is 13.3. The highest BCUT2D eigenvalue weighted by Gasteiger charge is 2.14. The number of nitro benzene ring substituents is 1. The molecule has 0 aliphatic rings. The number of nitro groups is 1. The van der Waals surface area contributed by atoms with E-state index < -0.39 is 16.2 Å². The van der Waals surface area contributed by atoms with Crippen molar-refractivity contribution in [1.29, 1.82) is 0 Å². The third kappa shape index (κ3) is 2.51. The van der Waals surface area contributed by atoms with Gasteiger partial charge >= 0.3 is 5.69 Å². The minimum atomic E-state index is -0.833. The SMILES string of the molecule is O=c1cc(Cl)[nH]c(=O)n1-c1cc([N+](=O)[O-])ccc1Cl. The van der Waals surface area contributed by atoms with Crippen molar-refractivity contribution >= 4 is 28.9 Å². The summed E-state index contributed by atoms with van der Waals surface area (Å²) < 4.78 is 0.668. The van der Waals surface area contributed by atoms with Crippen LogP contribution in [0.25, 0.3) is 5.69 Å². The van der Waals surface area contributed by atoms with Crippen LogP contribution in [-0.2, 0) is 0 Å². The van der Waals surface area contributed by atoms with Crippen molar-refractivity contribution in [1.82, 2.24) is 9.55 Å². The molecule has 0 saturated carbocycles. The topological polar surface area (TPSA) is 98.0 Å². The van der Waals surface area contributed by atoms with Crippen LogP contribution in [0.5, 0.6) is 0 Å². The Bertz CT molecular complexity index is 750. The normalized spacial score (nSPS) is 10.4. The van der Waals surface area contributed by atoms with Gasteiger partial charge in [-0.3, -0.25) is 19.9 Å².